The molecule has 0 aliphatic heterocycles. The largest absolute Gasteiger partial charge is 0.455 e. The summed E-state index contributed by atoms with van der Waals surface area (Å²) in [5.41, 5.74) is 0.411. The SMILES string of the molecule is O=C(OCc1coc(-c2cccs2)n1)c1cccc([N+](=O)[O-])c1. The monoisotopic (exact) mass is 330 g/mol. The number of nitro benzene ring substituents is 1. The lowest BCUT2D eigenvalue weighted by molar-refractivity contribution is -0.384. The van der Waals surface area contributed by atoms with Crippen molar-refractivity contribution in [3.63, 3.8) is 0 Å². The van der Waals surface area contributed by atoms with Gasteiger partial charge in [-0.2, -0.15) is 0 Å². The van der Waals surface area contributed by atoms with Gasteiger partial charge in [-0.15, -0.1) is 11.3 Å². The van der Waals surface area contributed by atoms with E-state index in [1.165, 1.54) is 41.9 Å². The number of hydrogen-bond donors (Lipinski definition) is 0. The van der Waals surface area contributed by atoms with Crippen molar-refractivity contribution in [1.29, 1.82) is 0 Å². The van der Waals surface area contributed by atoms with Crippen LogP contribution in [0.3, 0.4) is 0 Å². The van der Waals surface area contributed by atoms with Crippen LogP contribution in [0.4, 0.5) is 5.69 Å². The summed E-state index contributed by atoms with van der Waals surface area (Å²) in [5, 5.41) is 12.6. The summed E-state index contributed by atoms with van der Waals surface area (Å²) in [7, 11) is 0. The maximum absolute atomic E-state index is 11.9. The summed E-state index contributed by atoms with van der Waals surface area (Å²) >= 11 is 1.49. The average molecular weight is 330 g/mol. The van der Waals surface area contributed by atoms with E-state index < -0.39 is 10.9 Å². The minimum atomic E-state index is -0.658. The number of esters is 1. The topological polar surface area (TPSA) is 95.5 Å². The molecule has 0 atom stereocenters. The van der Waals surface area contributed by atoms with Crippen LogP contribution in [0, 0.1) is 10.1 Å². The second-order valence-corrected chi connectivity index (χ2v) is 5.45. The molecule has 3 aromatic rings. The molecule has 0 aliphatic rings. The van der Waals surface area contributed by atoms with E-state index in [1.807, 2.05) is 17.5 Å². The number of hydrogen-bond acceptors (Lipinski definition) is 7. The van der Waals surface area contributed by atoms with Crippen molar-refractivity contribution in [2.75, 3.05) is 0 Å². The van der Waals surface area contributed by atoms with Gasteiger partial charge in [-0.1, -0.05) is 12.1 Å². The van der Waals surface area contributed by atoms with Crippen molar-refractivity contribution in [2.45, 2.75) is 6.61 Å². The molecule has 0 aliphatic carbocycles. The Balaban J connectivity index is 1.65. The predicted octanol–water partition coefficient (Wildman–Crippen LogP) is 3.67. The second-order valence-electron chi connectivity index (χ2n) is 4.50. The first kappa shape index (κ1) is 14.9. The second kappa shape index (κ2) is 6.41. The van der Waals surface area contributed by atoms with Crippen molar-refractivity contribution in [1.82, 2.24) is 4.98 Å². The van der Waals surface area contributed by atoms with Crippen molar-refractivity contribution in [3.8, 4) is 10.8 Å². The fourth-order valence-corrected chi connectivity index (χ4v) is 2.51. The molecule has 1 aromatic carbocycles. The van der Waals surface area contributed by atoms with Crippen LogP contribution in [-0.4, -0.2) is 15.9 Å². The van der Waals surface area contributed by atoms with Gasteiger partial charge in [-0.05, 0) is 17.5 Å². The van der Waals surface area contributed by atoms with Crippen molar-refractivity contribution < 1.29 is 18.9 Å². The van der Waals surface area contributed by atoms with E-state index in [-0.39, 0.29) is 17.9 Å². The van der Waals surface area contributed by atoms with E-state index in [2.05, 4.69) is 4.98 Å². The molecule has 0 N–H and O–H groups in total. The van der Waals surface area contributed by atoms with Crippen LogP contribution in [0.2, 0.25) is 0 Å². The lowest BCUT2D eigenvalue weighted by Gasteiger charge is -2.02. The van der Waals surface area contributed by atoms with Crippen LogP contribution in [-0.2, 0) is 11.3 Å². The first-order chi connectivity index (χ1) is 11.1. The summed E-state index contributed by atoms with van der Waals surface area (Å²) in [6, 6.07) is 9.11. The standard InChI is InChI=1S/C15H10N2O5S/c18-15(10-3-1-4-12(7-10)17(19)20)22-9-11-8-21-14(16-11)13-5-2-6-23-13/h1-8H,9H2. The molecule has 0 spiro atoms. The Morgan fingerprint density at radius 3 is 2.96 bits per heavy atom. The van der Waals surface area contributed by atoms with E-state index >= 15 is 0 Å². The molecular weight excluding hydrogens is 320 g/mol. The van der Waals surface area contributed by atoms with Gasteiger partial charge >= 0.3 is 5.97 Å². The number of non-ortho nitro benzene ring substituents is 1. The van der Waals surface area contributed by atoms with Crippen LogP contribution in [0.1, 0.15) is 16.1 Å². The molecule has 2 heterocycles. The Labute approximate surface area is 134 Å². The first-order valence-electron chi connectivity index (χ1n) is 6.53. The van der Waals surface area contributed by atoms with Crippen LogP contribution in [0.15, 0.2) is 52.5 Å². The number of nitrogens with zero attached hydrogens (tertiary/aromatic N) is 2. The molecular formula is C15H10N2O5S. The average Bonchev–Trinajstić information content (AvgIpc) is 3.23. The molecule has 0 amide bonds. The summed E-state index contributed by atoms with van der Waals surface area (Å²) in [6.45, 7) is -0.0730. The Bertz CT molecular complexity index is 841. The van der Waals surface area contributed by atoms with E-state index in [0.29, 0.717) is 11.6 Å². The molecule has 7 nitrogen and oxygen atoms in total. The van der Waals surface area contributed by atoms with Gasteiger partial charge in [-0.3, -0.25) is 10.1 Å². The molecule has 0 saturated heterocycles. The van der Waals surface area contributed by atoms with Gasteiger partial charge in [0.2, 0.25) is 5.89 Å². The third-order valence-electron chi connectivity index (χ3n) is 2.93. The summed E-state index contributed by atoms with van der Waals surface area (Å²) in [6.07, 6.45) is 1.41. The third-order valence-corrected chi connectivity index (χ3v) is 3.79. The Morgan fingerprint density at radius 2 is 2.22 bits per heavy atom. The molecule has 2 aromatic heterocycles. The van der Waals surface area contributed by atoms with Crippen LogP contribution >= 0.6 is 11.3 Å². The number of carbonyl (C=O) groups is 1. The lowest BCUT2D eigenvalue weighted by Crippen LogP contribution is -2.06. The Morgan fingerprint density at radius 1 is 1.35 bits per heavy atom. The molecule has 0 saturated carbocycles. The Kier molecular flexibility index (Phi) is 4.15. The normalized spacial score (nSPS) is 10.4. The highest BCUT2D eigenvalue weighted by Gasteiger charge is 2.14. The van der Waals surface area contributed by atoms with Crippen LogP contribution in [0.5, 0.6) is 0 Å². The highest BCUT2D eigenvalue weighted by molar-refractivity contribution is 7.13. The number of benzene rings is 1. The zero-order valence-electron chi connectivity index (χ0n) is 11.7. The van der Waals surface area contributed by atoms with Gasteiger partial charge in [-0.25, -0.2) is 9.78 Å². The quantitative estimate of drug-likeness (QED) is 0.402. The molecule has 3 rings (SSSR count). The molecule has 8 heteroatoms. The summed E-state index contributed by atoms with van der Waals surface area (Å²) in [5.74, 6) is -0.198. The zero-order valence-corrected chi connectivity index (χ0v) is 12.5. The van der Waals surface area contributed by atoms with Crippen LogP contribution < -0.4 is 0 Å². The number of rotatable bonds is 5. The summed E-state index contributed by atoms with van der Waals surface area (Å²) < 4.78 is 10.4. The van der Waals surface area contributed by atoms with Gasteiger partial charge < -0.3 is 9.15 Å². The molecule has 23 heavy (non-hydrogen) atoms. The van der Waals surface area contributed by atoms with Gasteiger partial charge in [0, 0.05) is 12.1 Å². The highest BCUT2D eigenvalue weighted by Crippen LogP contribution is 2.24. The Hall–Kier alpha value is -3.00. The maximum atomic E-state index is 11.9. The lowest BCUT2D eigenvalue weighted by atomic mass is 10.2. The number of thiophene rings is 1. The van der Waals surface area contributed by atoms with E-state index in [1.54, 1.807) is 0 Å². The third kappa shape index (κ3) is 3.43. The fourth-order valence-electron chi connectivity index (χ4n) is 1.86. The molecule has 0 radical (unpaired) electrons. The van der Waals surface area contributed by atoms with E-state index in [4.69, 9.17) is 9.15 Å². The minimum absolute atomic E-state index is 0.0730. The minimum Gasteiger partial charge on any atom is -0.455 e. The number of aromatic nitrogens is 1. The highest BCUT2D eigenvalue weighted by atomic mass is 32.1. The van der Waals surface area contributed by atoms with Gasteiger partial charge in [0.1, 0.15) is 18.6 Å². The smallest absolute Gasteiger partial charge is 0.338 e. The van der Waals surface area contributed by atoms with Crippen molar-refractivity contribution in [3.05, 3.63) is 69.4 Å². The zero-order chi connectivity index (χ0) is 16.2. The maximum Gasteiger partial charge on any atom is 0.338 e. The molecule has 116 valence electrons. The fraction of sp³-hybridized carbons (Fsp3) is 0.0667. The van der Waals surface area contributed by atoms with Crippen molar-refractivity contribution in [2.24, 2.45) is 0 Å². The first-order valence-corrected chi connectivity index (χ1v) is 7.41. The van der Waals surface area contributed by atoms with Gasteiger partial charge in [0.25, 0.3) is 5.69 Å². The predicted molar refractivity (Wildman–Crippen MR) is 82.0 cm³/mol. The number of ether oxygens (including phenoxy) is 1. The van der Waals surface area contributed by atoms with Crippen LogP contribution in [0.25, 0.3) is 10.8 Å². The van der Waals surface area contributed by atoms with E-state index in [0.717, 1.165) is 4.88 Å². The van der Waals surface area contributed by atoms with Gasteiger partial charge in [0.15, 0.2) is 0 Å². The molecule has 0 fully saturated rings. The van der Waals surface area contributed by atoms with Gasteiger partial charge in [0.05, 0.1) is 15.4 Å². The van der Waals surface area contributed by atoms with E-state index in [9.17, 15) is 14.9 Å². The molecule has 0 unspecified atom stereocenters. The summed E-state index contributed by atoms with van der Waals surface area (Å²) in [4.78, 5) is 27.2. The molecule has 0 bridgehead atoms. The number of nitro groups is 1. The van der Waals surface area contributed by atoms with Crippen molar-refractivity contribution >= 4 is 23.0 Å². The number of oxazole rings is 1. The number of carbonyl (C=O) groups excluding carboxylic acids is 1.